The molecule has 0 N–H and O–H groups in total. The number of nitrogens with zero attached hydrogens (tertiary/aromatic N) is 1. The fourth-order valence-corrected chi connectivity index (χ4v) is 1.78. The van der Waals surface area contributed by atoms with Crippen molar-refractivity contribution >= 4 is 0 Å². The molecule has 1 aliphatic rings. The van der Waals surface area contributed by atoms with Crippen LogP contribution in [0.2, 0.25) is 0 Å². The first-order chi connectivity index (χ1) is 7.24. The number of fused-ring (bicyclic) bond motifs is 1. The Morgan fingerprint density at radius 1 is 1.27 bits per heavy atom. The monoisotopic (exact) mass is 203 g/mol. The zero-order valence-electron chi connectivity index (χ0n) is 8.96. The minimum absolute atomic E-state index is 0.420. The van der Waals surface area contributed by atoms with Crippen LogP contribution in [-0.2, 0) is 6.42 Å². The van der Waals surface area contributed by atoms with Crippen molar-refractivity contribution in [1.82, 2.24) is 0 Å². The van der Waals surface area contributed by atoms with Crippen LogP contribution in [0, 0.1) is 25.2 Å². The maximum atomic E-state index is 8.72. The second kappa shape index (κ2) is 3.82. The molecule has 3 heteroatoms. The predicted molar refractivity (Wildman–Crippen MR) is 56.2 cm³/mol. The zero-order chi connectivity index (χ0) is 10.8. The number of nitriles is 1. The van der Waals surface area contributed by atoms with E-state index in [1.165, 1.54) is 0 Å². The van der Waals surface area contributed by atoms with E-state index in [0.717, 1.165) is 28.2 Å². The Balaban J connectivity index is 2.53. The molecule has 0 radical (unpaired) electrons. The van der Waals surface area contributed by atoms with E-state index < -0.39 is 0 Å². The van der Waals surface area contributed by atoms with Crippen molar-refractivity contribution in [1.29, 1.82) is 5.26 Å². The molecule has 0 fully saturated rings. The maximum Gasteiger partial charge on any atom is 0.164 e. The molecule has 2 rings (SSSR count). The van der Waals surface area contributed by atoms with E-state index in [4.69, 9.17) is 14.7 Å². The smallest absolute Gasteiger partial charge is 0.164 e. The highest BCUT2D eigenvalue weighted by atomic mass is 16.6. The molecule has 0 saturated carbocycles. The molecule has 0 aromatic heterocycles. The van der Waals surface area contributed by atoms with Gasteiger partial charge in [0.05, 0.1) is 12.5 Å². The summed E-state index contributed by atoms with van der Waals surface area (Å²) in [6.07, 6.45) is 0.420. The molecule has 0 unspecified atom stereocenters. The fourth-order valence-electron chi connectivity index (χ4n) is 1.78. The van der Waals surface area contributed by atoms with Gasteiger partial charge in [0, 0.05) is 0 Å². The Morgan fingerprint density at radius 3 is 2.73 bits per heavy atom. The second-order valence-corrected chi connectivity index (χ2v) is 3.64. The van der Waals surface area contributed by atoms with Crippen molar-refractivity contribution in [3.63, 3.8) is 0 Å². The lowest BCUT2D eigenvalue weighted by molar-refractivity contribution is 0.170. The normalized spacial score (nSPS) is 13.4. The average Bonchev–Trinajstić information content (AvgIpc) is 2.26. The highest BCUT2D eigenvalue weighted by molar-refractivity contribution is 5.54. The SMILES string of the molecule is Cc1c(CC#N)cc2c(c1C)OCCO2. The number of ether oxygens (including phenoxy) is 2. The van der Waals surface area contributed by atoms with Gasteiger partial charge in [0.1, 0.15) is 13.2 Å². The van der Waals surface area contributed by atoms with Gasteiger partial charge in [-0.2, -0.15) is 5.26 Å². The summed E-state index contributed by atoms with van der Waals surface area (Å²) < 4.78 is 11.1. The molecule has 0 saturated heterocycles. The minimum Gasteiger partial charge on any atom is -0.486 e. The average molecular weight is 203 g/mol. The molecule has 0 bridgehead atoms. The lowest BCUT2D eigenvalue weighted by Crippen LogP contribution is -2.17. The molecule has 15 heavy (non-hydrogen) atoms. The van der Waals surface area contributed by atoms with E-state index >= 15 is 0 Å². The quantitative estimate of drug-likeness (QED) is 0.702. The summed E-state index contributed by atoms with van der Waals surface area (Å²) in [5.74, 6) is 1.61. The summed E-state index contributed by atoms with van der Waals surface area (Å²) in [5, 5.41) is 8.72. The molecule has 1 aliphatic heterocycles. The molecular formula is C12H13NO2. The van der Waals surface area contributed by atoms with Crippen molar-refractivity contribution in [2.24, 2.45) is 0 Å². The van der Waals surface area contributed by atoms with Crippen molar-refractivity contribution in [3.8, 4) is 17.6 Å². The Bertz CT molecular complexity index is 432. The van der Waals surface area contributed by atoms with Gasteiger partial charge in [0.2, 0.25) is 0 Å². The van der Waals surface area contributed by atoms with E-state index in [1.807, 2.05) is 19.9 Å². The van der Waals surface area contributed by atoms with Crippen LogP contribution in [0.15, 0.2) is 6.07 Å². The van der Waals surface area contributed by atoms with Crippen LogP contribution in [0.1, 0.15) is 16.7 Å². The molecule has 3 nitrogen and oxygen atoms in total. The molecular weight excluding hydrogens is 190 g/mol. The third kappa shape index (κ3) is 1.63. The molecule has 1 aromatic carbocycles. The van der Waals surface area contributed by atoms with Crippen LogP contribution >= 0.6 is 0 Å². The Labute approximate surface area is 89.2 Å². The molecule has 0 amide bonds. The molecule has 0 spiro atoms. The molecule has 78 valence electrons. The molecule has 0 atom stereocenters. The van der Waals surface area contributed by atoms with Crippen molar-refractivity contribution in [3.05, 3.63) is 22.8 Å². The summed E-state index contributed by atoms with van der Waals surface area (Å²) in [4.78, 5) is 0. The predicted octanol–water partition coefficient (Wildman–Crippen LogP) is 2.14. The summed E-state index contributed by atoms with van der Waals surface area (Å²) in [6, 6.07) is 4.08. The molecule has 1 heterocycles. The first kappa shape index (κ1) is 9.85. The van der Waals surface area contributed by atoms with Gasteiger partial charge in [0.25, 0.3) is 0 Å². The van der Waals surface area contributed by atoms with Gasteiger partial charge in [0.15, 0.2) is 11.5 Å². The number of hydrogen-bond donors (Lipinski definition) is 0. The lowest BCUT2D eigenvalue weighted by atomic mass is 9.99. The maximum absolute atomic E-state index is 8.72. The highest BCUT2D eigenvalue weighted by Gasteiger charge is 2.17. The van der Waals surface area contributed by atoms with Crippen molar-refractivity contribution < 1.29 is 9.47 Å². The van der Waals surface area contributed by atoms with Crippen molar-refractivity contribution in [2.75, 3.05) is 13.2 Å². The lowest BCUT2D eigenvalue weighted by Gasteiger charge is -2.22. The number of hydrogen-bond acceptors (Lipinski definition) is 3. The van der Waals surface area contributed by atoms with E-state index in [0.29, 0.717) is 19.6 Å². The van der Waals surface area contributed by atoms with Gasteiger partial charge in [-0.1, -0.05) is 0 Å². The van der Waals surface area contributed by atoms with Gasteiger partial charge in [-0.05, 0) is 36.6 Å². The van der Waals surface area contributed by atoms with E-state index in [-0.39, 0.29) is 0 Å². The fraction of sp³-hybridized carbons (Fsp3) is 0.417. The van der Waals surface area contributed by atoms with Crippen molar-refractivity contribution in [2.45, 2.75) is 20.3 Å². The van der Waals surface area contributed by atoms with Crippen LogP contribution in [0.4, 0.5) is 0 Å². The summed E-state index contributed by atoms with van der Waals surface area (Å²) in [5.41, 5.74) is 3.23. The Hall–Kier alpha value is -1.69. The highest BCUT2D eigenvalue weighted by Crippen LogP contribution is 2.37. The van der Waals surface area contributed by atoms with E-state index in [1.54, 1.807) is 0 Å². The Morgan fingerprint density at radius 2 is 2.00 bits per heavy atom. The van der Waals surface area contributed by atoms with Crippen LogP contribution < -0.4 is 9.47 Å². The van der Waals surface area contributed by atoms with Gasteiger partial charge < -0.3 is 9.47 Å². The van der Waals surface area contributed by atoms with Gasteiger partial charge in [-0.25, -0.2) is 0 Å². The number of benzene rings is 1. The van der Waals surface area contributed by atoms with Crippen LogP contribution in [0.5, 0.6) is 11.5 Å². The topological polar surface area (TPSA) is 42.2 Å². The number of rotatable bonds is 1. The van der Waals surface area contributed by atoms with Gasteiger partial charge in [-0.3, -0.25) is 0 Å². The summed E-state index contributed by atoms with van der Waals surface area (Å²) in [7, 11) is 0. The largest absolute Gasteiger partial charge is 0.486 e. The standard InChI is InChI=1S/C12H13NO2/c1-8-9(2)12-11(14-5-6-15-12)7-10(8)3-4-13/h7H,3,5-6H2,1-2H3. The Kier molecular flexibility index (Phi) is 2.51. The van der Waals surface area contributed by atoms with Gasteiger partial charge in [-0.15, -0.1) is 0 Å². The second-order valence-electron chi connectivity index (χ2n) is 3.64. The van der Waals surface area contributed by atoms with Gasteiger partial charge >= 0.3 is 0 Å². The van der Waals surface area contributed by atoms with Crippen LogP contribution in [0.25, 0.3) is 0 Å². The first-order valence-electron chi connectivity index (χ1n) is 4.99. The third-order valence-corrected chi connectivity index (χ3v) is 2.77. The molecule has 0 aliphatic carbocycles. The molecule has 1 aromatic rings. The summed E-state index contributed by atoms with van der Waals surface area (Å²) >= 11 is 0. The minimum atomic E-state index is 0.420. The third-order valence-electron chi connectivity index (χ3n) is 2.77. The zero-order valence-corrected chi connectivity index (χ0v) is 8.96. The summed E-state index contributed by atoms with van der Waals surface area (Å²) in [6.45, 7) is 5.20. The van der Waals surface area contributed by atoms with Crippen LogP contribution in [-0.4, -0.2) is 13.2 Å². The van der Waals surface area contributed by atoms with E-state index in [9.17, 15) is 0 Å². The van der Waals surface area contributed by atoms with Crippen LogP contribution in [0.3, 0.4) is 0 Å². The van der Waals surface area contributed by atoms with E-state index in [2.05, 4.69) is 6.07 Å². The first-order valence-corrected chi connectivity index (χ1v) is 4.99.